The summed E-state index contributed by atoms with van der Waals surface area (Å²) < 4.78 is 0. The molecule has 1 nitrogen and oxygen atoms in total. The Kier molecular flexibility index (Phi) is 5.56. The maximum Gasteiger partial charge on any atom is 0.0537 e. The molecule has 3 unspecified atom stereocenters. The van der Waals surface area contributed by atoms with Gasteiger partial charge in [-0.25, -0.2) is 0 Å². The molecule has 0 aromatic heterocycles. The molecular weight excluding hydrogens is 148 g/mol. The van der Waals surface area contributed by atoms with Gasteiger partial charge in [0, 0.05) is 0 Å². The van der Waals surface area contributed by atoms with Crippen molar-refractivity contribution >= 4 is 0 Å². The first-order valence-electron chi connectivity index (χ1n) is 5.13. The zero-order valence-electron chi connectivity index (χ0n) is 9.17. The molecule has 0 heterocycles. The molecule has 0 saturated carbocycles. The topological polar surface area (TPSA) is 20.2 Å². The van der Waals surface area contributed by atoms with Gasteiger partial charge in [0.15, 0.2) is 0 Å². The Bertz CT molecular complexity index is 93.6. The van der Waals surface area contributed by atoms with E-state index in [2.05, 4.69) is 27.7 Å². The molecule has 0 rings (SSSR count). The molecule has 0 radical (unpaired) electrons. The van der Waals surface area contributed by atoms with Gasteiger partial charge in [-0.05, 0) is 31.1 Å². The van der Waals surface area contributed by atoms with E-state index in [1.165, 1.54) is 6.42 Å². The summed E-state index contributed by atoms with van der Waals surface area (Å²) in [5, 5.41) is 9.27. The van der Waals surface area contributed by atoms with Crippen LogP contribution in [-0.4, -0.2) is 11.2 Å². The van der Waals surface area contributed by atoms with Crippen LogP contribution in [0.4, 0.5) is 0 Å². The van der Waals surface area contributed by atoms with Crippen LogP contribution in [0.25, 0.3) is 0 Å². The highest BCUT2D eigenvalue weighted by atomic mass is 16.3. The minimum atomic E-state index is -0.149. The number of aliphatic hydroxyl groups excluding tert-OH is 1. The Morgan fingerprint density at radius 2 is 1.25 bits per heavy atom. The van der Waals surface area contributed by atoms with Crippen molar-refractivity contribution in [2.45, 2.75) is 53.6 Å². The Morgan fingerprint density at radius 1 is 0.833 bits per heavy atom. The fourth-order valence-corrected chi connectivity index (χ4v) is 1.10. The van der Waals surface area contributed by atoms with Crippen molar-refractivity contribution in [3.63, 3.8) is 0 Å². The SMILES string of the molecule is CC(C)C(C)CCC(C)C(C)O. The van der Waals surface area contributed by atoms with Crippen molar-refractivity contribution in [2.24, 2.45) is 17.8 Å². The summed E-state index contributed by atoms with van der Waals surface area (Å²) >= 11 is 0. The van der Waals surface area contributed by atoms with Crippen LogP contribution in [-0.2, 0) is 0 Å². The van der Waals surface area contributed by atoms with E-state index in [0.29, 0.717) is 5.92 Å². The lowest BCUT2D eigenvalue weighted by molar-refractivity contribution is 0.124. The van der Waals surface area contributed by atoms with Crippen molar-refractivity contribution in [3.05, 3.63) is 0 Å². The minimum Gasteiger partial charge on any atom is -0.393 e. The second-order valence-electron chi connectivity index (χ2n) is 4.52. The molecule has 0 amide bonds. The first kappa shape index (κ1) is 12.0. The molecule has 0 aliphatic rings. The third-order valence-corrected chi connectivity index (χ3v) is 3.04. The highest BCUT2D eigenvalue weighted by Crippen LogP contribution is 2.20. The smallest absolute Gasteiger partial charge is 0.0537 e. The molecule has 0 aromatic rings. The van der Waals surface area contributed by atoms with Gasteiger partial charge in [-0.15, -0.1) is 0 Å². The lowest BCUT2D eigenvalue weighted by atomic mass is 9.89. The van der Waals surface area contributed by atoms with Gasteiger partial charge in [-0.3, -0.25) is 0 Å². The van der Waals surface area contributed by atoms with E-state index in [4.69, 9.17) is 0 Å². The van der Waals surface area contributed by atoms with Crippen molar-refractivity contribution in [1.82, 2.24) is 0 Å². The third-order valence-electron chi connectivity index (χ3n) is 3.04. The second kappa shape index (κ2) is 5.58. The maximum absolute atomic E-state index is 9.27. The first-order valence-corrected chi connectivity index (χ1v) is 5.13. The third kappa shape index (κ3) is 4.76. The van der Waals surface area contributed by atoms with Crippen molar-refractivity contribution in [1.29, 1.82) is 0 Å². The monoisotopic (exact) mass is 172 g/mol. The molecule has 0 aliphatic heterocycles. The standard InChI is InChI=1S/C11H24O/c1-8(2)9(3)6-7-10(4)11(5)12/h8-12H,6-7H2,1-5H3. The van der Waals surface area contributed by atoms with E-state index in [9.17, 15) is 5.11 Å². The average molecular weight is 172 g/mol. The van der Waals surface area contributed by atoms with Gasteiger partial charge in [0.2, 0.25) is 0 Å². The molecule has 0 fully saturated rings. The molecule has 1 N–H and O–H groups in total. The zero-order chi connectivity index (χ0) is 9.72. The second-order valence-corrected chi connectivity index (χ2v) is 4.52. The van der Waals surface area contributed by atoms with Gasteiger partial charge in [0.05, 0.1) is 6.10 Å². The minimum absolute atomic E-state index is 0.149. The Hall–Kier alpha value is -0.0400. The van der Waals surface area contributed by atoms with E-state index < -0.39 is 0 Å². The average Bonchev–Trinajstić information content (AvgIpc) is 1.98. The molecule has 12 heavy (non-hydrogen) atoms. The number of rotatable bonds is 5. The van der Waals surface area contributed by atoms with Crippen LogP contribution in [0.2, 0.25) is 0 Å². The quantitative estimate of drug-likeness (QED) is 0.675. The van der Waals surface area contributed by atoms with Gasteiger partial charge < -0.3 is 5.11 Å². The van der Waals surface area contributed by atoms with Crippen LogP contribution in [0.1, 0.15) is 47.5 Å². The van der Waals surface area contributed by atoms with E-state index >= 15 is 0 Å². The van der Waals surface area contributed by atoms with Gasteiger partial charge in [-0.2, -0.15) is 0 Å². The summed E-state index contributed by atoms with van der Waals surface area (Å²) in [6.07, 6.45) is 2.24. The lowest BCUT2D eigenvalue weighted by Gasteiger charge is -2.19. The first-order chi connectivity index (χ1) is 5.45. The predicted octanol–water partition coefficient (Wildman–Crippen LogP) is 3.08. The van der Waals surface area contributed by atoms with Crippen LogP contribution >= 0.6 is 0 Å². The zero-order valence-corrected chi connectivity index (χ0v) is 9.17. The highest BCUT2D eigenvalue weighted by molar-refractivity contribution is 4.63. The highest BCUT2D eigenvalue weighted by Gasteiger charge is 2.12. The van der Waals surface area contributed by atoms with Gasteiger partial charge in [-0.1, -0.05) is 34.1 Å². The normalized spacial score (nSPS) is 19.2. The van der Waals surface area contributed by atoms with Crippen LogP contribution in [0, 0.1) is 17.8 Å². The summed E-state index contributed by atoms with van der Waals surface area (Å²) in [6, 6.07) is 0. The van der Waals surface area contributed by atoms with Crippen molar-refractivity contribution < 1.29 is 5.11 Å². The fraction of sp³-hybridized carbons (Fsp3) is 1.00. The molecule has 3 atom stereocenters. The van der Waals surface area contributed by atoms with Crippen molar-refractivity contribution in [2.75, 3.05) is 0 Å². The largest absolute Gasteiger partial charge is 0.393 e. The summed E-state index contributed by atoms with van der Waals surface area (Å²) in [4.78, 5) is 0. The van der Waals surface area contributed by atoms with Crippen LogP contribution in [0.3, 0.4) is 0 Å². The molecule has 0 spiro atoms. The molecule has 74 valence electrons. The number of aliphatic hydroxyl groups is 1. The van der Waals surface area contributed by atoms with Gasteiger partial charge in [0.25, 0.3) is 0 Å². The molecule has 0 saturated heterocycles. The number of hydrogen-bond donors (Lipinski definition) is 1. The van der Waals surface area contributed by atoms with E-state index in [-0.39, 0.29) is 6.10 Å². The predicted molar refractivity (Wildman–Crippen MR) is 54.1 cm³/mol. The fourth-order valence-electron chi connectivity index (χ4n) is 1.10. The lowest BCUT2D eigenvalue weighted by Crippen LogP contribution is -2.15. The summed E-state index contributed by atoms with van der Waals surface area (Å²) in [5.74, 6) is 2.00. The van der Waals surface area contributed by atoms with Gasteiger partial charge in [0.1, 0.15) is 0 Å². The molecular formula is C11H24O. The van der Waals surface area contributed by atoms with E-state index in [1.54, 1.807) is 0 Å². The maximum atomic E-state index is 9.27. The van der Waals surface area contributed by atoms with E-state index in [0.717, 1.165) is 18.3 Å². The Balaban J connectivity index is 3.54. The molecule has 1 heteroatoms. The van der Waals surface area contributed by atoms with Gasteiger partial charge >= 0.3 is 0 Å². The van der Waals surface area contributed by atoms with E-state index in [1.807, 2.05) is 6.92 Å². The molecule has 0 bridgehead atoms. The van der Waals surface area contributed by atoms with Crippen LogP contribution in [0.15, 0.2) is 0 Å². The van der Waals surface area contributed by atoms with Crippen LogP contribution < -0.4 is 0 Å². The summed E-state index contributed by atoms with van der Waals surface area (Å²) in [5.41, 5.74) is 0. The van der Waals surface area contributed by atoms with Crippen molar-refractivity contribution in [3.8, 4) is 0 Å². The molecule has 0 aromatic carbocycles. The van der Waals surface area contributed by atoms with Crippen LogP contribution in [0.5, 0.6) is 0 Å². The number of hydrogen-bond acceptors (Lipinski definition) is 1. The molecule has 0 aliphatic carbocycles. The Morgan fingerprint density at radius 3 is 1.58 bits per heavy atom. The summed E-state index contributed by atoms with van der Waals surface area (Å²) in [7, 11) is 0. The Labute approximate surface area is 77.2 Å². The summed E-state index contributed by atoms with van der Waals surface area (Å²) in [6.45, 7) is 10.8.